The van der Waals surface area contributed by atoms with Crippen molar-refractivity contribution >= 4 is 21.5 Å². The predicted octanol–water partition coefficient (Wildman–Crippen LogP) is 3.79. The van der Waals surface area contributed by atoms with Crippen LogP contribution < -0.4 is 14.4 Å². The number of aromatic nitrogens is 1. The zero-order chi connectivity index (χ0) is 24.7. The Hall–Kier alpha value is -3.14. The average Bonchev–Trinajstić information content (AvgIpc) is 2.91. The number of hydrogen-bond donors (Lipinski definition) is 1. The molecule has 3 aromatic rings. The Labute approximate surface area is 207 Å². The van der Waals surface area contributed by atoms with Crippen LogP contribution in [-0.2, 0) is 14.8 Å². The molecule has 1 fully saturated rings. The lowest BCUT2D eigenvalue weighted by atomic mass is 10.0. The van der Waals surface area contributed by atoms with Gasteiger partial charge in [-0.15, -0.1) is 0 Å². The molecule has 8 nitrogen and oxygen atoms in total. The number of para-hydroxylation sites is 1. The third-order valence-electron chi connectivity index (χ3n) is 6.12. The van der Waals surface area contributed by atoms with Crippen molar-refractivity contribution in [1.82, 2.24) is 9.88 Å². The first-order valence-electron chi connectivity index (χ1n) is 11.8. The maximum absolute atomic E-state index is 13.2. The Morgan fingerprint density at radius 3 is 2.37 bits per heavy atom. The van der Waals surface area contributed by atoms with Crippen molar-refractivity contribution in [2.75, 3.05) is 56.1 Å². The standard InChI is InChI=1S/C26H32N4O4S/c1-3-30(22-7-5-4-6-8-22)35(31,32)24-13-14-26(27-19-24)28-20-25(29-15-17-34-18-16-29)21-9-11-23(33-2)12-10-21/h4-14,19,25H,3,15-18,20H2,1-2H3,(H,27,28). The van der Waals surface area contributed by atoms with Gasteiger partial charge in [0.2, 0.25) is 0 Å². The molecule has 1 aliphatic rings. The molecule has 1 aromatic heterocycles. The summed E-state index contributed by atoms with van der Waals surface area (Å²) in [6, 6.07) is 20.6. The number of rotatable bonds is 10. The Balaban J connectivity index is 1.49. The van der Waals surface area contributed by atoms with Gasteiger partial charge in [0, 0.05) is 32.4 Å². The fraction of sp³-hybridized carbons (Fsp3) is 0.346. The summed E-state index contributed by atoms with van der Waals surface area (Å²) >= 11 is 0. The van der Waals surface area contributed by atoms with Crippen LogP contribution in [0.15, 0.2) is 77.8 Å². The number of anilines is 2. The van der Waals surface area contributed by atoms with E-state index >= 15 is 0 Å². The summed E-state index contributed by atoms with van der Waals surface area (Å²) in [6.07, 6.45) is 1.42. The van der Waals surface area contributed by atoms with E-state index in [1.165, 1.54) is 16.1 Å². The minimum Gasteiger partial charge on any atom is -0.497 e. The minimum atomic E-state index is -3.71. The Morgan fingerprint density at radius 2 is 1.77 bits per heavy atom. The molecule has 0 radical (unpaired) electrons. The summed E-state index contributed by atoms with van der Waals surface area (Å²) in [5.41, 5.74) is 1.80. The smallest absolute Gasteiger partial charge is 0.265 e. The molecule has 4 rings (SSSR count). The van der Waals surface area contributed by atoms with Crippen molar-refractivity contribution in [3.8, 4) is 5.75 Å². The summed E-state index contributed by atoms with van der Waals surface area (Å²) in [4.78, 5) is 6.96. The number of hydrogen-bond acceptors (Lipinski definition) is 7. The number of methoxy groups -OCH3 is 1. The fourth-order valence-electron chi connectivity index (χ4n) is 4.22. The van der Waals surface area contributed by atoms with Crippen molar-refractivity contribution in [1.29, 1.82) is 0 Å². The van der Waals surface area contributed by atoms with Crippen molar-refractivity contribution < 1.29 is 17.9 Å². The van der Waals surface area contributed by atoms with Crippen LogP contribution in [0.4, 0.5) is 11.5 Å². The normalized spacial score (nSPS) is 15.4. The molecule has 186 valence electrons. The lowest BCUT2D eigenvalue weighted by Gasteiger charge is -2.35. The molecule has 1 unspecified atom stereocenters. The van der Waals surface area contributed by atoms with Gasteiger partial charge < -0.3 is 14.8 Å². The Morgan fingerprint density at radius 1 is 1.06 bits per heavy atom. The van der Waals surface area contributed by atoms with Gasteiger partial charge in [0.1, 0.15) is 16.5 Å². The maximum Gasteiger partial charge on any atom is 0.265 e. The van der Waals surface area contributed by atoms with Gasteiger partial charge in [-0.1, -0.05) is 30.3 Å². The van der Waals surface area contributed by atoms with E-state index in [2.05, 4.69) is 27.3 Å². The zero-order valence-corrected chi connectivity index (χ0v) is 20.9. The maximum atomic E-state index is 13.2. The zero-order valence-electron chi connectivity index (χ0n) is 20.1. The van der Waals surface area contributed by atoms with Crippen LogP contribution in [0, 0.1) is 0 Å². The third-order valence-corrected chi connectivity index (χ3v) is 8.01. The molecule has 2 aromatic carbocycles. The number of sulfonamides is 1. The van der Waals surface area contributed by atoms with Gasteiger partial charge in [0.15, 0.2) is 0 Å². The molecular formula is C26H32N4O4S. The molecule has 0 amide bonds. The van der Waals surface area contributed by atoms with Gasteiger partial charge in [-0.2, -0.15) is 0 Å². The molecule has 9 heteroatoms. The van der Waals surface area contributed by atoms with Gasteiger partial charge >= 0.3 is 0 Å². The summed E-state index contributed by atoms with van der Waals surface area (Å²) in [6.45, 7) is 5.86. The SMILES string of the molecule is CCN(c1ccccc1)S(=O)(=O)c1ccc(NCC(c2ccc(OC)cc2)N2CCOCC2)nc1. The highest BCUT2D eigenvalue weighted by molar-refractivity contribution is 7.92. The third kappa shape index (κ3) is 5.93. The van der Waals surface area contributed by atoms with Gasteiger partial charge in [-0.3, -0.25) is 9.21 Å². The molecule has 35 heavy (non-hydrogen) atoms. The van der Waals surface area contributed by atoms with E-state index in [1.807, 2.05) is 37.3 Å². The van der Waals surface area contributed by atoms with E-state index in [9.17, 15) is 8.42 Å². The molecule has 1 aliphatic heterocycles. The summed E-state index contributed by atoms with van der Waals surface area (Å²) < 4.78 is 38.7. The first-order chi connectivity index (χ1) is 17.0. The van der Waals surface area contributed by atoms with Crippen molar-refractivity contribution in [2.24, 2.45) is 0 Å². The molecule has 0 spiro atoms. The van der Waals surface area contributed by atoms with Crippen molar-refractivity contribution in [3.63, 3.8) is 0 Å². The topological polar surface area (TPSA) is 84.0 Å². The van der Waals surface area contributed by atoms with Crippen molar-refractivity contribution in [3.05, 3.63) is 78.5 Å². The van der Waals surface area contributed by atoms with Crippen LogP contribution in [0.3, 0.4) is 0 Å². The number of benzene rings is 2. The van der Waals surface area contributed by atoms with Crippen LogP contribution in [0.1, 0.15) is 18.5 Å². The second-order valence-electron chi connectivity index (χ2n) is 8.20. The molecule has 2 heterocycles. The molecule has 1 saturated heterocycles. The first kappa shape index (κ1) is 25.0. The average molecular weight is 497 g/mol. The van der Waals surface area contributed by atoms with Crippen LogP contribution in [0.5, 0.6) is 5.75 Å². The van der Waals surface area contributed by atoms with E-state index in [0.717, 1.165) is 18.8 Å². The number of morpholine rings is 1. The molecule has 0 saturated carbocycles. The first-order valence-corrected chi connectivity index (χ1v) is 13.2. The predicted molar refractivity (Wildman–Crippen MR) is 138 cm³/mol. The summed E-state index contributed by atoms with van der Waals surface area (Å²) in [5.74, 6) is 1.44. The van der Waals surface area contributed by atoms with Gasteiger partial charge in [-0.25, -0.2) is 13.4 Å². The Kier molecular flexibility index (Phi) is 8.22. The summed E-state index contributed by atoms with van der Waals surface area (Å²) in [7, 11) is -2.05. The molecule has 0 bridgehead atoms. The van der Waals surface area contributed by atoms with E-state index in [0.29, 0.717) is 37.8 Å². The van der Waals surface area contributed by atoms with Crippen LogP contribution in [0.2, 0.25) is 0 Å². The van der Waals surface area contributed by atoms with E-state index < -0.39 is 10.0 Å². The van der Waals surface area contributed by atoms with Crippen molar-refractivity contribution in [2.45, 2.75) is 17.9 Å². The van der Waals surface area contributed by atoms with Gasteiger partial charge in [-0.05, 0) is 48.9 Å². The molecular weight excluding hydrogens is 464 g/mol. The van der Waals surface area contributed by atoms with Gasteiger partial charge in [0.25, 0.3) is 10.0 Å². The molecule has 0 aliphatic carbocycles. The summed E-state index contributed by atoms with van der Waals surface area (Å²) in [5, 5.41) is 3.39. The minimum absolute atomic E-state index is 0.115. The second-order valence-corrected chi connectivity index (χ2v) is 10.1. The molecule has 1 atom stereocenters. The van der Waals surface area contributed by atoms with E-state index in [-0.39, 0.29) is 10.9 Å². The van der Waals surface area contributed by atoms with Crippen LogP contribution in [-0.4, -0.2) is 64.8 Å². The number of ether oxygens (including phenoxy) is 2. The number of nitrogens with zero attached hydrogens (tertiary/aromatic N) is 3. The monoisotopic (exact) mass is 496 g/mol. The lowest BCUT2D eigenvalue weighted by Crippen LogP contribution is -2.41. The highest BCUT2D eigenvalue weighted by atomic mass is 32.2. The van der Waals surface area contributed by atoms with Gasteiger partial charge in [0.05, 0.1) is 32.1 Å². The highest BCUT2D eigenvalue weighted by Gasteiger charge is 2.25. The van der Waals surface area contributed by atoms with E-state index in [4.69, 9.17) is 9.47 Å². The quantitative estimate of drug-likeness (QED) is 0.457. The van der Waals surface area contributed by atoms with E-state index in [1.54, 1.807) is 31.4 Å². The van der Waals surface area contributed by atoms with Crippen LogP contribution >= 0.6 is 0 Å². The fourth-order valence-corrected chi connectivity index (χ4v) is 5.64. The molecule has 1 N–H and O–H groups in total. The Bertz CT molecular complexity index is 1170. The number of nitrogens with one attached hydrogen (secondary N) is 1. The lowest BCUT2D eigenvalue weighted by molar-refractivity contribution is 0.0187. The number of pyridine rings is 1. The highest BCUT2D eigenvalue weighted by Crippen LogP contribution is 2.26. The largest absolute Gasteiger partial charge is 0.497 e. The second kappa shape index (κ2) is 11.5. The van der Waals surface area contributed by atoms with Crippen LogP contribution in [0.25, 0.3) is 0 Å².